The monoisotopic (exact) mass is 806 g/mol. The summed E-state index contributed by atoms with van der Waals surface area (Å²) in [6.45, 7) is 15.8. The summed E-state index contributed by atoms with van der Waals surface area (Å²) in [5, 5.41) is 46.0. The highest BCUT2D eigenvalue weighted by atomic mass is 16.4. The molecular formula is C42H54N12O5. The Kier molecular flexibility index (Phi) is 13.7. The first-order chi connectivity index (χ1) is 27.9. The van der Waals surface area contributed by atoms with Crippen LogP contribution in [0.1, 0.15) is 72.6 Å². The van der Waals surface area contributed by atoms with Crippen LogP contribution in [0.4, 0.5) is 34.9 Å². The molecule has 17 heteroatoms. The molecule has 0 spiro atoms. The van der Waals surface area contributed by atoms with Crippen LogP contribution in [0, 0.1) is 0 Å². The number of nitrogens with zero attached hydrogens (tertiary/aromatic N) is 7. The van der Waals surface area contributed by atoms with Crippen molar-refractivity contribution in [3.8, 4) is 0 Å². The largest absolute Gasteiger partial charge is 0.411 e. The molecule has 6 aromatic rings. The Balaban J connectivity index is 0.000000224. The minimum Gasteiger partial charge on any atom is -0.411 e. The molecule has 312 valence electrons. The third-order valence-corrected chi connectivity index (χ3v) is 8.74. The van der Waals surface area contributed by atoms with Crippen molar-refractivity contribution in [3.05, 3.63) is 105 Å². The molecule has 0 amide bonds. The molecule has 0 bridgehead atoms. The van der Waals surface area contributed by atoms with E-state index < -0.39 is 0 Å². The molecule has 0 aromatic carbocycles. The molecule has 9 N–H and O–H groups in total. The number of hydrogen-bond donors (Lipinski definition) is 8. The van der Waals surface area contributed by atoms with Crippen molar-refractivity contribution in [2.75, 3.05) is 34.5 Å². The lowest BCUT2D eigenvalue weighted by Gasteiger charge is -2.23. The van der Waals surface area contributed by atoms with Crippen molar-refractivity contribution in [1.82, 2.24) is 29.1 Å². The summed E-state index contributed by atoms with van der Waals surface area (Å²) in [6.07, 6.45) is 6.64. The van der Waals surface area contributed by atoms with E-state index in [2.05, 4.69) is 46.4 Å². The van der Waals surface area contributed by atoms with Gasteiger partial charge in [0.2, 0.25) is 0 Å². The molecule has 0 saturated heterocycles. The number of pyridine rings is 6. The lowest BCUT2D eigenvalue weighted by atomic mass is 10.1. The Hall–Kier alpha value is -6.43. The highest BCUT2D eigenvalue weighted by Gasteiger charge is 2.19. The van der Waals surface area contributed by atoms with E-state index in [1.54, 1.807) is 49.9 Å². The molecule has 59 heavy (non-hydrogen) atoms. The second kappa shape index (κ2) is 18.4. The molecule has 0 aliphatic carbocycles. The maximum Gasteiger partial charge on any atom is 0.262 e. The Morgan fingerprint density at radius 2 is 1.19 bits per heavy atom. The lowest BCUT2D eigenvalue weighted by Crippen LogP contribution is -2.29. The number of oxime groups is 1. The summed E-state index contributed by atoms with van der Waals surface area (Å²) in [6, 6.07) is 14.4. The van der Waals surface area contributed by atoms with E-state index in [-0.39, 0.29) is 54.5 Å². The number of nitrogens with two attached hydrogens (primary N) is 1. The van der Waals surface area contributed by atoms with Gasteiger partial charge in [-0.2, -0.15) is 0 Å². The van der Waals surface area contributed by atoms with Gasteiger partial charge in [-0.25, -0.2) is 19.9 Å². The second-order valence-electron chi connectivity index (χ2n) is 16.1. The highest BCUT2D eigenvalue weighted by molar-refractivity contribution is 5.99. The van der Waals surface area contributed by atoms with E-state index >= 15 is 0 Å². The maximum atomic E-state index is 12.9. The van der Waals surface area contributed by atoms with Gasteiger partial charge < -0.3 is 51.6 Å². The van der Waals surface area contributed by atoms with E-state index in [1.807, 2.05) is 78.8 Å². The molecule has 6 aromatic heterocycles. The molecular weight excluding hydrogens is 753 g/mol. The van der Waals surface area contributed by atoms with Gasteiger partial charge in [-0.1, -0.05) is 5.16 Å². The SMILES string of the molecule is C/C(=N\O)c1ccnc(Nc2cc3ccn(CCO)c(=O)c3c(NC(C)(C)C)n2)c1.CC(N)c1ccnc(Nc2cc3ccn(CCO)c(=O)c3c(NC(C)(C)C)n2)c1. The number of anilines is 6. The van der Waals surface area contributed by atoms with E-state index in [0.717, 1.165) is 16.5 Å². The first-order valence-corrected chi connectivity index (χ1v) is 19.2. The van der Waals surface area contributed by atoms with Crippen LogP contribution in [0.5, 0.6) is 0 Å². The fraction of sp³-hybridized carbons (Fsp3) is 0.357. The summed E-state index contributed by atoms with van der Waals surface area (Å²) < 4.78 is 2.95. The van der Waals surface area contributed by atoms with Crippen LogP contribution in [-0.2, 0) is 13.1 Å². The number of aliphatic hydroxyl groups excluding tert-OH is 2. The zero-order chi connectivity index (χ0) is 43.1. The first kappa shape index (κ1) is 43.7. The normalized spacial score (nSPS) is 12.5. The Bertz CT molecular complexity index is 2570. The average molecular weight is 807 g/mol. The van der Waals surface area contributed by atoms with Crippen molar-refractivity contribution in [3.63, 3.8) is 0 Å². The van der Waals surface area contributed by atoms with E-state index in [0.29, 0.717) is 56.8 Å². The Morgan fingerprint density at radius 1 is 0.729 bits per heavy atom. The van der Waals surface area contributed by atoms with Gasteiger partial charge in [0.25, 0.3) is 11.1 Å². The summed E-state index contributed by atoms with van der Waals surface area (Å²) in [4.78, 5) is 43.8. The first-order valence-electron chi connectivity index (χ1n) is 19.2. The quantitative estimate of drug-likeness (QED) is 0.0421. The lowest BCUT2D eigenvalue weighted by molar-refractivity contribution is 0.274. The number of aliphatic hydroxyl groups is 2. The molecule has 0 saturated carbocycles. The van der Waals surface area contributed by atoms with Gasteiger partial charge >= 0.3 is 0 Å². The highest BCUT2D eigenvalue weighted by Crippen LogP contribution is 2.28. The molecule has 6 heterocycles. The van der Waals surface area contributed by atoms with Crippen LogP contribution in [0.15, 0.2) is 88.1 Å². The molecule has 0 radical (unpaired) electrons. The van der Waals surface area contributed by atoms with Crippen molar-refractivity contribution in [1.29, 1.82) is 0 Å². The van der Waals surface area contributed by atoms with Gasteiger partial charge in [0.1, 0.15) is 34.9 Å². The smallest absolute Gasteiger partial charge is 0.262 e. The van der Waals surface area contributed by atoms with E-state index in [4.69, 9.17) is 10.9 Å². The fourth-order valence-corrected chi connectivity index (χ4v) is 6.03. The van der Waals surface area contributed by atoms with Crippen LogP contribution in [0.25, 0.3) is 21.5 Å². The van der Waals surface area contributed by atoms with Crippen LogP contribution in [0.3, 0.4) is 0 Å². The number of aromatic nitrogens is 6. The number of nitrogens with one attached hydrogen (secondary N) is 4. The van der Waals surface area contributed by atoms with Crippen molar-refractivity contribution in [2.24, 2.45) is 10.9 Å². The third-order valence-electron chi connectivity index (χ3n) is 8.74. The Labute approximate surface area is 342 Å². The summed E-state index contributed by atoms with van der Waals surface area (Å²) in [5.41, 5.74) is 7.07. The topological polar surface area (TPSA) is 243 Å². The molecule has 17 nitrogen and oxygen atoms in total. The number of rotatable bonds is 12. The molecule has 6 rings (SSSR count). The van der Waals surface area contributed by atoms with Gasteiger partial charge in [-0.15, -0.1) is 0 Å². The zero-order valence-electron chi connectivity index (χ0n) is 34.7. The minimum atomic E-state index is -0.324. The minimum absolute atomic E-state index is 0.105. The number of fused-ring (bicyclic) bond motifs is 2. The standard InChI is InChI=1S/C21H26N6O3.C21H28N6O2/c1-13(26-30)14-5-7-22-16(11-14)23-17-12-15-6-8-27(9-10-28)20(29)18(15)19(24-17)25-21(2,3)4;1-13(22)14-5-7-23-16(11-14)24-17-12-15-6-8-27(9-10-28)20(29)18(15)19(25-17)26-21(2,3)4/h5-8,11-12,28,30H,9-10H2,1-4H3,(H2,22,23,24,25);5-8,11-13,28H,9-10,22H2,1-4H3,(H2,23,24,25,26)/b26-13+;. The average Bonchev–Trinajstić information content (AvgIpc) is 3.16. The van der Waals surface area contributed by atoms with E-state index in [9.17, 15) is 19.8 Å². The van der Waals surface area contributed by atoms with Gasteiger partial charge in [-0.05, 0) is 120 Å². The maximum absolute atomic E-state index is 12.9. The molecule has 0 fully saturated rings. The third kappa shape index (κ3) is 11.4. The van der Waals surface area contributed by atoms with Gasteiger partial charge in [0.05, 0.1) is 29.7 Å². The summed E-state index contributed by atoms with van der Waals surface area (Å²) >= 11 is 0. The molecule has 1 atom stereocenters. The second-order valence-corrected chi connectivity index (χ2v) is 16.1. The zero-order valence-corrected chi connectivity index (χ0v) is 34.7. The van der Waals surface area contributed by atoms with Crippen LogP contribution in [0.2, 0.25) is 0 Å². The van der Waals surface area contributed by atoms with Crippen LogP contribution in [-0.4, -0.2) is 74.5 Å². The predicted octanol–water partition coefficient (Wildman–Crippen LogP) is 5.69. The van der Waals surface area contributed by atoms with Crippen molar-refractivity contribution < 1.29 is 15.4 Å². The van der Waals surface area contributed by atoms with Gasteiger partial charge in [0, 0.05) is 60.6 Å². The van der Waals surface area contributed by atoms with Crippen LogP contribution < -0.4 is 38.1 Å². The van der Waals surface area contributed by atoms with Crippen LogP contribution >= 0.6 is 0 Å². The summed E-state index contributed by atoms with van der Waals surface area (Å²) in [7, 11) is 0. The molecule has 1 unspecified atom stereocenters. The van der Waals surface area contributed by atoms with Gasteiger partial charge in [-0.3, -0.25) is 9.59 Å². The fourth-order valence-electron chi connectivity index (χ4n) is 6.03. The van der Waals surface area contributed by atoms with E-state index in [1.165, 1.54) is 9.13 Å². The molecule has 0 aliphatic rings. The van der Waals surface area contributed by atoms with Crippen molar-refractivity contribution >= 4 is 62.2 Å². The predicted molar refractivity (Wildman–Crippen MR) is 235 cm³/mol. The summed E-state index contributed by atoms with van der Waals surface area (Å²) in [5.74, 6) is 3.16. The molecule has 0 aliphatic heterocycles. The van der Waals surface area contributed by atoms with Crippen molar-refractivity contribution in [2.45, 2.75) is 85.6 Å². The number of hydrogen-bond acceptors (Lipinski definition) is 15. The van der Waals surface area contributed by atoms with Gasteiger partial charge in [0.15, 0.2) is 0 Å². The Morgan fingerprint density at radius 3 is 1.61 bits per heavy atom.